The Hall–Kier alpha value is -0.570. The van der Waals surface area contributed by atoms with Crippen molar-refractivity contribution in [1.29, 1.82) is 0 Å². The molecule has 4 nitrogen and oxygen atoms in total. The highest BCUT2D eigenvalue weighted by Gasteiger charge is 2.24. The van der Waals surface area contributed by atoms with E-state index in [9.17, 15) is 22.3 Å². The molecule has 0 amide bonds. The Labute approximate surface area is 119 Å². The van der Waals surface area contributed by atoms with Gasteiger partial charge in [0.05, 0.1) is 6.10 Å². The van der Waals surface area contributed by atoms with E-state index >= 15 is 0 Å². The molecule has 1 rings (SSSR count). The molecule has 1 aromatic carbocycles. The molecule has 0 heterocycles. The Bertz CT molecular complexity index is 540. The normalized spacial score (nSPS) is 13.8. The fourth-order valence-electron chi connectivity index (χ4n) is 1.29. The number of aliphatic hydroxyl groups is 1. The summed E-state index contributed by atoms with van der Waals surface area (Å²) < 4.78 is 52.1. The minimum atomic E-state index is -4.17. The van der Waals surface area contributed by atoms with Crippen LogP contribution in [0.25, 0.3) is 0 Å². The van der Waals surface area contributed by atoms with Gasteiger partial charge in [0.25, 0.3) is 0 Å². The molecule has 108 valence electrons. The summed E-state index contributed by atoms with van der Waals surface area (Å²) in [6, 6.07) is 1.34. The van der Waals surface area contributed by atoms with Gasteiger partial charge in [-0.3, -0.25) is 0 Å². The van der Waals surface area contributed by atoms with Gasteiger partial charge < -0.3 is 5.11 Å². The van der Waals surface area contributed by atoms with Crippen LogP contribution in [-0.2, 0) is 10.0 Å². The zero-order valence-electron chi connectivity index (χ0n) is 10.3. The highest BCUT2D eigenvalue weighted by atomic mass is 79.9. The summed E-state index contributed by atoms with van der Waals surface area (Å²) in [4.78, 5) is -0.676. The van der Waals surface area contributed by atoms with Gasteiger partial charge in [-0.25, -0.2) is 21.9 Å². The van der Waals surface area contributed by atoms with Crippen LogP contribution in [0.15, 0.2) is 21.5 Å². The summed E-state index contributed by atoms with van der Waals surface area (Å²) in [7, 11) is -4.17. The third-order valence-corrected chi connectivity index (χ3v) is 4.87. The Kier molecular flexibility index (Phi) is 5.43. The van der Waals surface area contributed by atoms with Crippen LogP contribution < -0.4 is 4.72 Å². The first-order chi connectivity index (χ1) is 8.65. The zero-order chi connectivity index (χ0) is 14.8. The summed E-state index contributed by atoms with van der Waals surface area (Å²) in [6.45, 7) is 3.18. The number of nitrogens with one attached hydrogen (secondary N) is 1. The molecule has 0 aliphatic carbocycles. The van der Waals surface area contributed by atoms with E-state index < -0.39 is 32.7 Å². The Morgan fingerprint density at radius 2 is 1.95 bits per heavy atom. The second-order valence-corrected chi connectivity index (χ2v) is 6.92. The summed E-state index contributed by atoms with van der Waals surface area (Å²) in [5.74, 6) is -2.23. The Morgan fingerprint density at radius 3 is 2.42 bits per heavy atom. The van der Waals surface area contributed by atoms with Gasteiger partial charge in [-0.15, -0.1) is 0 Å². The summed E-state index contributed by atoms with van der Waals surface area (Å²) in [5, 5.41) is 9.53. The van der Waals surface area contributed by atoms with Crippen molar-refractivity contribution in [1.82, 2.24) is 4.72 Å². The minimum absolute atomic E-state index is 0.149. The molecule has 1 aromatic rings. The standard InChI is InChI=1S/C11H14BrF2NO3S/c1-6(2)10(16)5-15-19(17,18)11-8(12)3-7(13)4-9(11)14/h3-4,6,10,15-16H,5H2,1-2H3. The number of sulfonamides is 1. The predicted octanol–water partition coefficient (Wildman–Crippen LogP) is 2.02. The maximum absolute atomic E-state index is 13.5. The molecule has 19 heavy (non-hydrogen) atoms. The van der Waals surface area contributed by atoms with Gasteiger partial charge in [0, 0.05) is 17.1 Å². The van der Waals surface area contributed by atoms with Gasteiger partial charge in [-0.2, -0.15) is 0 Å². The highest BCUT2D eigenvalue weighted by molar-refractivity contribution is 9.10. The zero-order valence-corrected chi connectivity index (χ0v) is 12.7. The summed E-state index contributed by atoms with van der Waals surface area (Å²) in [5.41, 5.74) is 0. The Morgan fingerprint density at radius 1 is 1.37 bits per heavy atom. The van der Waals surface area contributed by atoms with E-state index in [4.69, 9.17) is 0 Å². The average Bonchev–Trinajstić information content (AvgIpc) is 2.23. The number of hydrogen-bond acceptors (Lipinski definition) is 3. The maximum Gasteiger partial charge on any atom is 0.244 e. The molecule has 0 saturated carbocycles. The quantitative estimate of drug-likeness (QED) is 0.847. The molecule has 0 aromatic heterocycles. The van der Waals surface area contributed by atoms with E-state index in [1.54, 1.807) is 13.8 Å². The number of benzene rings is 1. The number of aliphatic hydroxyl groups excluding tert-OH is 1. The van der Waals surface area contributed by atoms with Crippen molar-refractivity contribution in [3.05, 3.63) is 28.2 Å². The molecule has 0 bridgehead atoms. The van der Waals surface area contributed by atoms with Crippen LogP contribution in [0.2, 0.25) is 0 Å². The fourth-order valence-corrected chi connectivity index (χ4v) is 3.50. The molecule has 0 aliphatic heterocycles. The van der Waals surface area contributed by atoms with Crippen LogP contribution in [0.1, 0.15) is 13.8 Å². The van der Waals surface area contributed by atoms with E-state index in [1.165, 1.54) is 0 Å². The van der Waals surface area contributed by atoms with Crippen LogP contribution in [-0.4, -0.2) is 26.2 Å². The van der Waals surface area contributed by atoms with E-state index in [0.29, 0.717) is 6.07 Å². The number of halogens is 3. The molecule has 0 radical (unpaired) electrons. The summed E-state index contributed by atoms with van der Waals surface area (Å²) in [6.07, 6.45) is -0.892. The van der Waals surface area contributed by atoms with E-state index in [2.05, 4.69) is 20.7 Å². The molecule has 0 fully saturated rings. The fraction of sp³-hybridized carbons (Fsp3) is 0.455. The highest BCUT2D eigenvalue weighted by Crippen LogP contribution is 2.26. The second kappa shape index (κ2) is 6.25. The van der Waals surface area contributed by atoms with Crippen LogP contribution >= 0.6 is 15.9 Å². The van der Waals surface area contributed by atoms with Gasteiger partial charge in [-0.05, 0) is 27.9 Å². The topological polar surface area (TPSA) is 66.4 Å². The van der Waals surface area contributed by atoms with Gasteiger partial charge in [0.15, 0.2) is 0 Å². The van der Waals surface area contributed by atoms with Gasteiger partial charge in [0.1, 0.15) is 16.5 Å². The van der Waals surface area contributed by atoms with Crippen LogP contribution in [0.5, 0.6) is 0 Å². The van der Waals surface area contributed by atoms with Crippen molar-refractivity contribution in [2.24, 2.45) is 5.92 Å². The smallest absolute Gasteiger partial charge is 0.244 e. The molecule has 2 N–H and O–H groups in total. The van der Waals surface area contributed by atoms with Crippen molar-refractivity contribution in [2.45, 2.75) is 24.8 Å². The molecule has 0 saturated heterocycles. The average molecular weight is 358 g/mol. The van der Waals surface area contributed by atoms with Gasteiger partial charge in [-0.1, -0.05) is 13.8 Å². The van der Waals surface area contributed by atoms with Crippen LogP contribution in [0.3, 0.4) is 0 Å². The number of hydrogen-bond donors (Lipinski definition) is 2. The molecular weight excluding hydrogens is 344 g/mol. The van der Waals surface area contributed by atoms with Crippen LogP contribution in [0, 0.1) is 17.6 Å². The lowest BCUT2D eigenvalue weighted by atomic mass is 10.1. The van der Waals surface area contributed by atoms with Gasteiger partial charge >= 0.3 is 0 Å². The summed E-state index contributed by atoms with van der Waals surface area (Å²) >= 11 is 2.81. The lowest BCUT2D eigenvalue weighted by Crippen LogP contribution is -2.35. The SMILES string of the molecule is CC(C)C(O)CNS(=O)(=O)c1c(F)cc(F)cc1Br. The lowest BCUT2D eigenvalue weighted by molar-refractivity contribution is 0.129. The van der Waals surface area contributed by atoms with Gasteiger partial charge in [0.2, 0.25) is 10.0 Å². The predicted molar refractivity (Wildman–Crippen MR) is 70.1 cm³/mol. The molecule has 0 aliphatic rings. The van der Waals surface area contributed by atoms with Crippen molar-refractivity contribution >= 4 is 26.0 Å². The first-order valence-corrected chi connectivity index (χ1v) is 7.75. The first-order valence-electron chi connectivity index (χ1n) is 5.47. The van der Waals surface area contributed by atoms with Crippen LogP contribution in [0.4, 0.5) is 8.78 Å². The largest absolute Gasteiger partial charge is 0.391 e. The van der Waals surface area contributed by atoms with E-state index in [0.717, 1.165) is 6.07 Å². The van der Waals surface area contributed by atoms with Crippen molar-refractivity contribution in [2.75, 3.05) is 6.54 Å². The molecular formula is C11H14BrF2NO3S. The molecule has 8 heteroatoms. The van der Waals surface area contributed by atoms with Crippen molar-refractivity contribution in [3.8, 4) is 0 Å². The third kappa shape index (κ3) is 4.20. The number of rotatable bonds is 5. The van der Waals surface area contributed by atoms with E-state index in [1.807, 2.05) is 0 Å². The Balaban J connectivity index is 3.02. The van der Waals surface area contributed by atoms with Crippen molar-refractivity contribution in [3.63, 3.8) is 0 Å². The third-order valence-electron chi connectivity index (χ3n) is 2.48. The monoisotopic (exact) mass is 357 g/mol. The lowest BCUT2D eigenvalue weighted by Gasteiger charge is -2.16. The second-order valence-electron chi connectivity index (χ2n) is 4.36. The minimum Gasteiger partial charge on any atom is -0.391 e. The van der Waals surface area contributed by atoms with Crippen molar-refractivity contribution < 1.29 is 22.3 Å². The van der Waals surface area contributed by atoms with E-state index in [-0.39, 0.29) is 16.9 Å². The molecule has 1 atom stereocenters. The maximum atomic E-state index is 13.5. The molecule has 1 unspecified atom stereocenters. The molecule has 0 spiro atoms. The first kappa shape index (κ1) is 16.5.